The van der Waals surface area contributed by atoms with Crippen molar-refractivity contribution in [3.63, 3.8) is 0 Å². The number of hydrogen-bond acceptors (Lipinski definition) is 3. The Labute approximate surface area is 132 Å². The van der Waals surface area contributed by atoms with Gasteiger partial charge in [0.05, 0.1) is 6.10 Å². The lowest BCUT2D eigenvalue weighted by Crippen LogP contribution is -2.40. The Morgan fingerprint density at radius 1 is 1.27 bits per heavy atom. The molecule has 0 amide bonds. The van der Waals surface area contributed by atoms with Crippen molar-refractivity contribution in [2.45, 2.75) is 77.3 Å². The average Bonchev–Trinajstić information content (AvgIpc) is 3.11. The minimum Gasteiger partial charge on any atom is -0.344 e. The molecule has 2 aliphatic rings. The van der Waals surface area contributed by atoms with Crippen LogP contribution in [0.1, 0.15) is 63.4 Å². The fourth-order valence-electron chi connectivity index (χ4n) is 3.84. The van der Waals surface area contributed by atoms with Gasteiger partial charge < -0.3 is 9.47 Å². The van der Waals surface area contributed by atoms with Crippen LogP contribution in [0.4, 0.5) is 0 Å². The van der Waals surface area contributed by atoms with Gasteiger partial charge >= 0.3 is 0 Å². The minimum atomic E-state index is -0.679. The third-order valence-electron chi connectivity index (χ3n) is 4.92. The third-order valence-corrected chi connectivity index (χ3v) is 4.92. The van der Waals surface area contributed by atoms with Crippen LogP contribution in [0.25, 0.3) is 0 Å². The van der Waals surface area contributed by atoms with Gasteiger partial charge in [0.1, 0.15) is 0 Å². The van der Waals surface area contributed by atoms with Gasteiger partial charge in [-0.1, -0.05) is 26.2 Å². The molecule has 1 aliphatic heterocycles. The van der Waals surface area contributed by atoms with Crippen molar-refractivity contribution in [3.8, 4) is 0 Å². The molecule has 1 aliphatic carbocycles. The van der Waals surface area contributed by atoms with Crippen LogP contribution in [-0.4, -0.2) is 28.5 Å². The zero-order valence-electron chi connectivity index (χ0n) is 13.9. The van der Waals surface area contributed by atoms with E-state index in [1.54, 1.807) is 4.57 Å². The first-order valence-corrected chi connectivity index (χ1v) is 8.58. The summed E-state index contributed by atoms with van der Waals surface area (Å²) in [6.45, 7) is 5.88. The zero-order chi connectivity index (χ0) is 15.7. The van der Waals surface area contributed by atoms with E-state index in [2.05, 4.69) is 6.92 Å². The average molecular weight is 305 g/mol. The van der Waals surface area contributed by atoms with Gasteiger partial charge in [-0.25, -0.2) is 0 Å². The Kier molecular flexibility index (Phi) is 4.42. The summed E-state index contributed by atoms with van der Waals surface area (Å²) in [6.07, 6.45) is 8.11. The summed E-state index contributed by atoms with van der Waals surface area (Å²) in [5.74, 6) is -0.227. The molecule has 4 heteroatoms. The van der Waals surface area contributed by atoms with E-state index in [-0.39, 0.29) is 12.0 Å². The van der Waals surface area contributed by atoms with Gasteiger partial charge in [0.25, 0.3) is 5.91 Å². The van der Waals surface area contributed by atoms with Crippen molar-refractivity contribution >= 4 is 5.91 Å². The monoisotopic (exact) mass is 305 g/mol. The van der Waals surface area contributed by atoms with Gasteiger partial charge in [-0.05, 0) is 51.2 Å². The molecule has 122 valence electrons. The molecule has 4 nitrogen and oxygen atoms in total. The maximum atomic E-state index is 13.0. The summed E-state index contributed by atoms with van der Waals surface area (Å²) in [4.78, 5) is 13.0. The van der Waals surface area contributed by atoms with E-state index in [4.69, 9.17) is 9.47 Å². The van der Waals surface area contributed by atoms with Gasteiger partial charge in [0, 0.05) is 11.9 Å². The smallest absolute Gasteiger partial charge is 0.262 e. The first-order valence-electron chi connectivity index (χ1n) is 8.58. The molecule has 2 heterocycles. The molecular weight excluding hydrogens is 278 g/mol. The second-order valence-corrected chi connectivity index (χ2v) is 6.98. The molecule has 0 bridgehead atoms. The molecule has 22 heavy (non-hydrogen) atoms. The number of aryl methyl sites for hydroxylation is 1. The van der Waals surface area contributed by atoms with Crippen molar-refractivity contribution in [2.24, 2.45) is 5.92 Å². The first kappa shape index (κ1) is 15.8. The number of ether oxygens (including phenoxy) is 2. The molecule has 2 fully saturated rings. The number of aromatic nitrogens is 1. The van der Waals surface area contributed by atoms with Crippen molar-refractivity contribution in [1.29, 1.82) is 0 Å². The predicted octanol–water partition coefficient (Wildman–Crippen LogP) is 3.79. The van der Waals surface area contributed by atoms with Crippen LogP contribution in [0.3, 0.4) is 0 Å². The van der Waals surface area contributed by atoms with Crippen LogP contribution in [-0.2, 0) is 15.9 Å². The number of carbonyl (C=O) groups excluding carboxylic acids is 1. The van der Waals surface area contributed by atoms with Gasteiger partial charge in [-0.15, -0.1) is 0 Å². The Balaban J connectivity index is 1.84. The lowest BCUT2D eigenvalue weighted by Gasteiger charge is -2.29. The highest BCUT2D eigenvalue weighted by Crippen LogP contribution is 2.38. The second-order valence-electron chi connectivity index (χ2n) is 6.98. The summed E-state index contributed by atoms with van der Waals surface area (Å²) in [5.41, 5.74) is 1.03. The maximum absolute atomic E-state index is 13.0. The van der Waals surface area contributed by atoms with E-state index >= 15 is 0 Å². The zero-order valence-corrected chi connectivity index (χ0v) is 13.9. The van der Waals surface area contributed by atoms with Crippen LogP contribution >= 0.6 is 0 Å². The van der Waals surface area contributed by atoms with E-state index < -0.39 is 11.9 Å². The van der Waals surface area contributed by atoms with Crippen molar-refractivity contribution in [1.82, 2.24) is 4.57 Å². The van der Waals surface area contributed by atoms with E-state index in [9.17, 15) is 4.79 Å². The Morgan fingerprint density at radius 3 is 2.68 bits per heavy atom. The molecule has 1 saturated heterocycles. The molecule has 0 aromatic carbocycles. The molecule has 2 atom stereocenters. The molecule has 0 unspecified atom stereocenters. The fraction of sp³-hybridized carbons (Fsp3) is 0.722. The van der Waals surface area contributed by atoms with Crippen molar-refractivity contribution in [3.05, 3.63) is 24.0 Å². The van der Waals surface area contributed by atoms with Crippen molar-refractivity contribution < 1.29 is 14.3 Å². The number of carbonyl (C=O) groups is 1. The summed E-state index contributed by atoms with van der Waals surface area (Å²) >= 11 is 0. The van der Waals surface area contributed by atoms with E-state index in [0.29, 0.717) is 5.92 Å². The molecular formula is C18H27NO3. The molecule has 0 N–H and O–H groups in total. The molecule has 3 rings (SSSR count). The van der Waals surface area contributed by atoms with Gasteiger partial charge in [-0.2, -0.15) is 0 Å². The summed E-state index contributed by atoms with van der Waals surface area (Å²) in [5, 5.41) is 0. The highest BCUT2D eigenvalue weighted by atomic mass is 16.8. The Bertz CT molecular complexity index is 528. The van der Waals surface area contributed by atoms with Crippen LogP contribution in [0, 0.1) is 5.92 Å². The largest absolute Gasteiger partial charge is 0.344 e. The first-order chi connectivity index (χ1) is 10.5. The van der Waals surface area contributed by atoms with E-state index in [0.717, 1.165) is 25.0 Å². The molecule has 0 spiro atoms. The Morgan fingerprint density at radius 2 is 2.00 bits per heavy atom. The van der Waals surface area contributed by atoms with Crippen LogP contribution in [0.5, 0.6) is 0 Å². The number of nitrogens with zero attached hydrogens (tertiary/aromatic N) is 1. The SMILES string of the molecule is CCc1cccn1C(=O)[C@@H]1OC(C)(C)O[C@H]1C1CCCCC1. The summed E-state index contributed by atoms with van der Waals surface area (Å²) < 4.78 is 13.9. The predicted molar refractivity (Wildman–Crippen MR) is 84.8 cm³/mol. The minimum absolute atomic E-state index is 0.0167. The van der Waals surface area contributed by atoms with Gasteiger partial charge in [0.15, 0.2) is 11.9 Å². The van der Waals surface area contributed by atoms with Crippen LogP contribution in [0.2, 0.25) is 0 Å². The number of hydrogen-bond donors (Lipinski definition) is 0. The molecule has 1 aromatic heterocycles. The normalized spacial score (nSPS) is 28.9. The molecule has 1 aromatic rings. The summed E-state index contributed by atoms with van der Waals surface area (Å²) in [7, 11) is 0. The lowest BCUT2D eigenvalue weighted by molar-refractivity contribution is -0.149. The standard InChI is InChI=1S/C18H27NO3/c1-4-14-11-8-12-19(14)17(20)16-15(21-18(2,3)22-16)13-9-6-5-7-10-13/h8,11-13,15-16H,4-7,9-10H2,1-3H3/t15-,16+/m0/s1. The van der Waals surface area contributed by atoms with Crippen molar-refractivity contribution in [2.75, 3.05) is 0 Å². The van der Waals surface area contributed by atoms with Crippen LogP contribution in [0.15, 0.2) is 18.3 Å². The second kappa shape index (κ2) is 6.17. The quantitative estimate of drug-likeness (QED) is 0.853. The van der Waals surface area contributed by atoms with Gasteiger partial charge in [-0.3, -0.25) is 9.36 Å². The summed E-state index contributed by atoms with van der Waals surface area (Å²) in [6, 6.07) is 3.92. The van der Waals surface area contributed by atoms with E-state index in [1.807, 2.05) is 32.2 Å². The number of rotatable bonds is 3. The molecule has 0 radical (unpaired) electrons. The third kappa shape index (κ3) is 2.99. The van der Waals surface area contributed by atoms with E-state index in [1.165, 1.54) is 19.3 Å². The highest BCUT2D eigenvalue weighted by Gasteiger charge is 2.48. The topological polar surface area (TPSA) is 40.5 Å². The highest BCUT2D eigenvalue weighted by molar-refractivity contribution is 5.85. The maximum Gasteiger partial charge on any atom is 0.262 e. The molecule has 1 saturated carbocycles. The Hall–Kier alpha value is -1.13. The van der Waals surface area contributed by atoms with Gasteiger partial charge in [0.2, 0.25) is 0 Å². The lowest BCUT2D eigenvalue weighted by atomic mass is 9.83. The fourth-order valence-corrected chi connectivity index (χ4v) is 3.84. The van der Waals surface area contributed by atoms with Crippen LogP contribution < -0.4 is 0 Å².